The fraction of sp³-hybridized carbons (Fsp3) is 0.636. The van der Waals surface area contributed by atoms with Crippen molar-refractivity contribution in [1.82, 2.24) is 0 Å². The first-order valence-corrected chi connectivity index (χ1v) is 4.94. The van der Waals surface area contributed by atoms with Crippen molar-refractivity contribution in [2.45, 2.75) is 32.6 Å². The number of allylic oxidation sites excluding steroid dienone is 2. The van der Waals surface area contributed by atoms with Crippen molar-refractivity contribution in [2.24, 2.45) is 11.3 Å². The Morgan fingerprint density at radius 1 is 1.57 bits per heavy atom. The maximum Gasteiger partial charge on any atom is 0.310 e. The van der Waals surface area contributed by atoms with Crippen LogP contribution in [0.15, 0.2) is 11.6 Å². The second-order valence-electron chi connectivity index (χ2n) is 4.66. The molecule has 0 heterocycles. The van der Waals surface area contributed by atoms with Gasteiger partial charge in [-0.05, 0) is 25.7 Å². The molecule has 2 bridgehead atoms. The van der Waals surface area contributed by atoms with E-state index in [1.807, 2.05) is 6.92 Å². The molecule has 3 heteroatoms. The van der Waals surface area contributed by atoms with E-state index in [1.165, 1.54) is 0 Å². The molecule has 1 saturated carbocycles. The molecule has 14 heavy (non-hydrogen) atoms. The fourth-order valence-corrected chi connectivity index (χ4v) is 2.87. The minimum atomic E-state index is -0.803. The molecular formula is C11H14O3. The lowest BCUT2D eigenvalue weighted by Gasteiger charge is -2.39. The Morgan fingerprint density at radius 2 is 2.29 bits per heavy atom. The fourth-order valence-electron chi connectivity index (χ4n) is 2.87. The van der Waals surface area contributed by atoms with Crippen LogP contribution in [0.3, 0.4) is 0 Å². The second kappa shape index (κ2) is 2.94. The van der Waals surface area contributed by atoms with Crippen molar-refractivity contribution in [2.75, 3.05) is 0 Å². The quantitative estimate of drug-likeness (QED) is 0.647. The molecule has 0 aromatic heterocycles. The molecule has 1 N–H and O–H groups in total. The molecule has 0 spiro atoms. The van der Waals surface area contributed by atoms with E-state index in [2.05, 4.69) is 6.08 Å². The van der Waals surface area contributed by atoms with Crippen molar-refractivity contribution >= 4 is 11.8 Å². The van der Waals surface area contributed by atoms with Gasteiger partial charge in [-0.15, -0.1) is 0 Å². The zero-order chi connectivity index (χ0) is 10.3. The number of aliphatic carboxylic acids is 1. The number of rotatable bonds is 1. The van der Waals surface area contributed by atoms with Crippen molar-refractivity contribution in [3.63, 3.8) is 0 Å². The molecular weight excluding hydrogens is 180 g/mol. The molecule has 2 aliphatic rings. The normalized spacial score (nSPS) is 36.5. The van der Waals surface area contributed by atoms with Crippen molar-refractivity contribution < 1.29 is 14.7 Å². The third-order valence-electron chi connectivity index (χ3n) is 3.27. The van der Waals surface area contributed by atoms with Crippen LogP contribution in [0.5, 0.6) is 0 Å². The van der Waals surface area contributed by atoms with Gasteiger partial charge in [0.05, 0.1) is 5.41 Å². The van der Waals surface area contributed by atoms with Gasteiger partial charge >= 0.3 is 5.97 Å². The second-order valence-corrected chi connectivity index (χ2v) is 4.66. The topological polar surface area (TPSA) is 54.4 Å². The maximum atomic E-state index is 11.4. The van der Waals surface area contributed by atoms with Crippen LogP contribution >= 0.6 is 0 Å². The SMILES string of the molecule is CC1=CC2CC(=O)CC(C(=O)O)(C1)C2. The van der Waals surface area contributed by atoms with E-state index in [0.29, 0.717) is 19.3 Å². The van der Waals surface area contributed by atoms with E-state index in [4.69, 9.17) is 0 Å². The van der Waals surface area contributed by atoms with Gasteiger partial charge in [0.15, 0.2) is 0 Å². The summed E-state index contributed by atoms with van der Waals surface area (Å²) < 4.78 is 0. The number of carbonyl (C=O) groups is 2. The number of hydrogen-bond acceptors (Lipinski definition) is 2. The van der Waals surface area contributed by atoms with E-state index in [1.54, 1.807) is 0 Å². The predicted molar refractivity (Wildman–Crippen MR) is 50.8 cm³/mol. The van der Waals surface area contributed by atoms with Crippen LogP contribution in [-0.2, 0) is 9.59 Å². The number of hydrogen-bond donors (Lipinski definition) is 1. The minimum absolute atomic E-state index is 0.104. The van der Waals surface area contributed by atoms with Crippen LogP contribution in [0.25, 0.3) is 0 Å². The molecule has 3 nitrogen and oxygen atoms in total. The molecule has 0 radical (unpaired) electrons. The Morgan fingerprint density at radius 3 is 2.93 bits per heavy atom. The molecule has 0 aromatic carbocycles. The highest BCUT2D eigenvalue weighted by Crippen LogP contribution is 2.47. The van der Waals surface area contributed by atoms with E-state index in [0.717, 1.165) is 5.57 Å². The zero-order valence-electron chi connectivity index (χ0n) is 8.25. The summed E-state index contributed by atoms with van der Waals surface area (Å²) in [4.78, 5) is 22.6. The van der Waals surface area contributed by atoms with Crippen LogP contribution in [-0.4, -0.2) is 16.9 Å². The Labute approximate surface area is 82.8 Å². The highest BCUT2D eigenvalue weighted by atomic mass is 16.4. The summed E-state index contributed by atoms with van der Waals surface area (Å²) in [7, 11) is 0. The molecule has 1 fully saturated rings. The number of fused-ring (bicyclic) bond motifs is 2. The standard InChI is InChI=1S/C11H14O3/c1-7-2-8-3-9(12)6-11(4-7,5-8)10(13)14/h2,8H,3-6H2,1H3,(H,13,14). The first-order chi connectivity index (χ1) is 6.52. The van der Waals surface area contributed by atoms with Crippen LogP contribution < -0.4 is 0 Å². The van der Waals surface area contributed by atoms with Crippen molar-refractivity contribution in [3.8, 4) is 0 Å². The smallest absolute Gasteiger partial charge is 0.310 e. The van der Waals surface area contributed by atoms with Gasteiger partial charge in [-0.25, -0.2) is 0 Å². The van der Waals surface area contributed by atoms with Gasteiger partial charge in [0.1, 0.15) is 5.78 Å². The predicted octanol–water partition coefficient (Wildman–Crippen LogP) is 1.78. The van der Waals surface area contributed by atoms with Gasteiger partial charge in [-0.2, -0.15) is 0 Å². The lowest BCUT2D eigenvalue weighted by Crippen LogP contribution is -2.42. The van der Waals surface area contributed by atoms with Gasteiger partial charge in [-0.1, -0.05) is 11.6 Å². The molecule has 0 aromatic rings. The Bertz CT molecular complexity index is 329. The van der Waals surface area contributed by atoms with E-state index in [9.17, 15) is 14.7 Å². The summed E-state index contributed by atoms with van der Waals surface area (Å²) in [5.41, 5.74) is 0.343. The lowest BCUT2D eigenvalue weighted by molar-refractivity contribution is -0.155. The summed E-state index contributed by atoms with van der Waals surface area (Å²) in [6.45, 7) is 1.96. The van der Waals surface area contributed by atoms with Crippen LogP contribution in [0.1, 0.15) is 32.6 Å². The molecule has 76 valence electrons. The largest absolute Gasteiger partial charge is 0.481 e. The number of Topliss-reactive ketones (excluding diaryl/α,β-unsaturated/α-hetero) is 1. The summed E-state index contributed by atoms with van der Waals surface area (Å²) in [6.07, 6.45) is 4.02. The van der Waals surface area contributed by atoms with E-state index >= 15 is 0 Å². The number of carboxylic acids is 1. The van der Waals surface area contributed by atoms with Crippen LogP contribution in [0.4, 0.5) is 0 Å². The number of ketones is 1. The average Bonchev–Trinajstić information content (AvgIpc) is 2.00. The first-order valence-electron chi connectivity index (χ1n) is 4.94. The molecule has 2 rings (SSSR count). The van der Waals surface area contributed by atoms with Gasteiger partial charge in [0, 0.05) is 12.8 Å². The molecule has 0 saturated heterocycles. The van der Waals surface area contributed by atoms with Gasteiger partial charge in [0.2, 0.25) is 0 Å². The van der Waals surface area contributed by atoms with Gasteiger partial charge < -0.3 is 5.11 Å². The average molecular weight is 194 g/mol. The summed E-state index contributed by atoms with van der Waals surface area (Å²) in [5.74, 6) is -0.531. The van der Waals surface area contributed by atoms with Gasteiger partial charge in [-0.3, -0.25) is 9.59 Å². The number of carboxylic acid groups (broad SMARTS) is 1. The Kier molecular flexibility index (Phi) is 1.98. The Balaban J connectivity index is 2.37. The monoisotopic (exact) mass is 194 g/mol. The molecule has 0 aliphatic heterocycles. The van der Waals surface area contributed by atoms with E-state index in [-0.39, 0.29) is 18.1 Å². The maximum absolute atomic E-state index is 11.4. The lowest BCUT2D eigenvalue weighted by atomic mass is 9.62. The molecule has 2 atom stereocenters. The molecule has 0 amide bonds. The first kappa shape index (κ1) is 9.44. The highest BCUT2D eigenvalue weighted by Gasteiger charge is 2.47. The Hall–Kier alpha value is -1.12. The third kappa shape index (κ3) is 1.37. The third-order valence-corrected chi connectivity index (χ3v) is 3.27. The van der Waals surface area contributed by atoms with E-state index < -0.39 is 11.4 Å². The zero-order valence-corrected chi connectivity index (χ0v) is 8.25. The summed E-state index contributed by atoms with van der Waals surface area (Å²) >= 11 is 0. The molecule has 2 unspecified atom stereocenters. The molecule has 2 aliphatic carbocycles. The van der Waals surface area contributed by atoms with Crippen LogP contribution in [0.2, 0.25) is 0 Å². The highest BCUT2D eigenvalue weighted by molar-refractivity contribution is 5.88. The summed E-state index contributed by atoms with van der Waals surface area (Å²) in [6, 6.07) is 0. The van der Waals surface area contributed by atoms with Crippen LogP contribution in [0, 0.1) is 11.3 Å². The minimum Gasteiger partial charge on any atom is -0.481 e. The van der Waals surface area contributed by atoms with Crippen molar-refractivity contribution in [1.29, 1.82) is 0 Å². The van der Waals surface area contributed by atoms with Gasteiger partial charge in [0.25, 0.3) is 0 Å². The number of carbonyl (C=O) groups excluding carboxylic acids is 1. The van der Waals surface area contributed by atoms with Crippen molar-refractivity contribution in [3.05, 3.63) is 11.6 Å². The summed E-state index contributed by atoms with van der Waals surface area (Å²) in [5, 5.41) is 9.20.